The Balaban J connectivity index is 1.80. The van der Waals surface area contributed by atoms with Crippen LogP contribution in [0, 0.1) is 0 Å². The van der Waals surface area contributed by atoms with E-state index >= 15 is 0 Å². The van der Waals surface area contributed by atoms with Gasteiger partial charge in [0.25, 0.3) is 5.91 Å². The summed E-state index contributed by atoms with van der Waals surface area (Å²) in [4.78, 5) is 12.8. The van der Waals surface area contributed by atoms with Gasteiger partial charge in [-0.05, 0) is 31.4 Å². The van der Waals surface area contributed by atoms with E-state index in [-0.39, 0.29) is 10.5 Å². The molecule has 1 aliphatic heterocycles. The van der Waals surface area contributed by atoms with Crippen molar-refractivity contribution in [2.24, 2.45) is 0 Å². The van der Waals surface area contributed by atoms with E-state index in [0.29, 0.717) is 18.2 Å². The fraction of sp³-hybridized carbons (Fsp3) is 0.500. The number of amides is 1. The molecule has 3 rings (SSSR count). The van der Waals surface area contributed by atoms with Crippen LogP contribution in [-0.4, -0.2) is 41.9 Å². The van der Waals surface area contributed by atoms with Gasteiger partial charge in [-0.2, -0.15) is 4.31 Å². The number of hydrogen-bond donors (Lipinski definition) is 1. The van der Waals surface area contributed by atoms with E-state index in [1.165, 1.54) is 27.8 Å². The molecule has 0 aliphatic carbocycles. The molecule has 0 radical (unpaired) electrons. The molecule has 0 atom stereocenters. The summed E-state index contributed by atoms with van der Waals surface area (Å²) < 4.78 is 27.5. The normalized spacial score (nSPS) is 15.6. The van der Waals surface area contributed by atoms with E-state index in [1.807, 2.05) is 0 Å². The van der Waals surface area contributed by atoms with Gasteiger partial charge in [0.05, 0.1) is 10.5 Å². The summed E-state index contributed by atoms with van der Waals surface area (Å²) in [5.41, 5.74) is 0.133. The molecular weight excluding hydrogens is 384 g/mol. The molecule has 0 unspecified atom stereocenters. The minimum Gasteiger partial charge on any atom is -0.296 e. The van der Waals surface area contributed by atoms with E-state index in [4.69, 9.17) is 0 Å². The molecular formula is C18H24N4O3S2. The third-order valence-corrected chi connectivity index (χ3v) is 7.35. The summed E-state index contributed by atoms with van der Waals surface area (Å²) in [6.07, 6.45) is 5.62. The zero-order valence-electron chi connectivity index (χ0n) is 15.3. The molecule has 1 saturated heterocycles. The van der Waals surface area contributed by atoms with Gasteiger partial charge in [0, 0.05) is 19.5 Å². The van der Waals surface area contributed by atoms with Gasteiger partial charge in [-0.1, -0.05) is 43.2 Å². The van der Waals surface area contributed by atoms with Crippen molar-refractivity contribution in [1.82, 2.24) is 14.5 Å². The molecule has 1 fully saturated rings. The number of benzene rings is 1. The van der Waals surface area contributed by atoms with Crippen molar-refractivity contribution in [1.29, 1.82) is 0 Å². The molecule has 2 aromatic rings. The summed E-state index contributed by atoms with van der Waals surface area (Å²) in [6.45, 7) is 3.09. The van der Waals surface area contributed by atoms with E-state index in [9.17, 15) is 13.2 Å². The molecule has 1 aromatic heterocycles. The standard InChI is InChI=1S/C18H24N4O3S2/c1-2-3-11-16-20-21-18(26-16)19-17(23)14-9-5-6-10-15(14)27(24,25)22-12-7-4-8-13-22/h5-6,9-10H,2-4,7-8,11-13H2,1H3,(H,19,21,23). The number of anilines is 1. The second-order valence-corrected chi connectivity index (χ2v) is 9.49. The van der Waals surface area contributed by atoms with Crippen LogP contribution in [0.15, 0.2) is 29.2 Å². The lowest BCUT2D eigenvalue weighted by atomic mass is 10.2. The van der Waals surface area contributed by atoms with Crippen LogP contribution in [-0.2, 0) is 16.4 Å². The highest BCUT2D eigenvalue weighted by atomic mass is 32.2. The van der Waals surface area contributed by atoms with Crippen LogP contribution in [0.3, 0.4) is 0 Å². The molecule has 0 spiro atoms. The SMILES string of the molecule is CCCCc1nnc(NC(=O)c2ccccc2S(=O)(=O)N2CCCCC2)s1. The first kappa shape index (κ1) is 19.9. The summed E-state index contributed by atoms with van der Waals surface area (Å²) in [5, 5.41) is 12.0. The van der Waals surface area contributed by atoms with E-state index < -0.39 is 15.9 Å². The van der Waals surface area contributed by atoms with E-state index in [0.717, 1.165) is 43.5 Å². The smallest absolute Gasteiger partial charge is 0.258 e. The largest absolute Gasteiger partial charge is 0.296 e. The number of rotatable bonds is 7. The molecule has 0 saturated carbocycles. The molecule has 0 bridgehead atoms. The lowest BCUT2D eigenvalue weighted by Crippen LogP contribution is -2.36. The Morgan fingerprint density at radius 1 is 1.19 bits per heavy atom. The summed E-state index contributed by atoms with van der Waals surface area (Å²) in [7, 11) is -3.70. The number of aromatic nitrogens is 2. The fourth-order valence-electron chi connectivity index (χ4n) is 3.02. The number of piperidine rings is 1. The molecule has 146 valence electrons. The van der Waals surface area contributed by atoms with Gasteiger partial charge < -0.3 is 0 Å². The lowest BCUT2D eigenvalue weighted by molar-refractivity contribution is 0.102. The predicted octanol–water partition coefficient (Wildman–Crippen LogP) is 3.31. The summed E-state index contributed by atoms with van der Waals surface area (Å²) >= 11 is 1.32. The highest BCUT2D eigenvalue weighted by Crippen LogP contribution is 2.25. The van der Waals surface area contributed by atoms with Gasteiger partial charge in [-0.15, -0.1) is 10.2 Å². The highest BCUT2D eigenvalue weighted by Gasteiger charge is 2.30. The number of nitrogens with one attached hydrogen (secondary N) is 1. The fourth-order valence-corrected chi connectivity index (χ4v) is 5.50. The van der Waals surface area contributed by atoms with Crippen LogP contribution in [0.5, 0.6) is 0 Å². The second-order valence-electron chi connectivity index (χ2n) is 6.52. The van der Waals surface area contributed by atoms with Crippen molar-refractivity contribution < 1.29 is 13.2 Å². The first-order valence-electron chi connectivity index (χ1n) is 9.25. The molecule has 2 heterocycles. The minimum absolute atomic E-state index is 0.0418. The maximum Gasteiger partial charge on any atom is 0.258 e. The number of unbranched alkanes of at least 4 members (excludes halogenated alkanes) is 1. The third-order valence-electron chi connectivity index (χ3n) is 4.50. The second kappa shape index (κ2) is 8.90. The number of nitrogens with zero attached hydrogens (tertiary/aromatic N) is 3. The molecule has 27 heavy (non-hydrogen) atoms. The van der Waals surface area contributed by atoms with Crippen LogP contribution in [0.25, 0.3) is 0 Å². The molecule has 1 N–H and O–H groups in total. The molecule has 7 nitrogen and oxygen atoms in total. The molecule has 1 amide bonds. The van der Waals surface area contributed by atoms with Gasteiger partial charge in [-0.25, -0.2) is 8.42 Å². The quantitative estimate of drug-likeness (QED) is 0.759. The van der Waals surface area contributed by atoms with Crippen LogP contribution in [0.1, 0.15) is 54.4 Å². The maximum absolute atomic E-state index is 13.0. The first-order chi connectivity index (χ1) is 13.0. The van der Waals surface area contributed by atoms with Crippen LogP contribution in [0.4, 0.5) is 5.13 Å². The third kappa shape index (κ3) is 4.72. The van der Waals surface area contributed by atoms with Crippen molar-refractivity contribution in [3.63, 3.8) is 0 Å². The average molecular weight is 409 g/mol. The van der Waals surface area contributed by atoms with Crippen LogP contribution >= 0.6 is 11.3 Å². The van der Waals surface area contributed by atoms with Crippen molar-refractivity contribution in [3.05, 3.63) is 34.8 Å². The Morgan fingerprint density at radius 2 is 1.93 bits per heavy atom. The molecule has 1 aliphatic rings. The number of carbonyl (C=O) groups excluding carboxylic acids is 1. The topological polar surface area (TPSA) is 92.3 Å². The minimum atomic E-state index is -3.70. The van der Waals surface area contributed by atoms with Crippen molar-refractivity contribution in [2.75, 3.05) is 18.4 Å². The summed E-state index contributed by atoms with van der Waals surface area (Å²) in [5.74, 6) is -0.482. The van der Waals surface area contributed by atoms with Crippen molar-refractivity contribution in [2.45, 2.75) is 50.3 Å². The van der Waals surface area contributed by atoms with Gasteiger partial charge >= 0.3 is 0 Å². The monoisotopic (exact) mass is 408 g/mol. The summed E-state index contributed by atoms with van der Waals surface area (Å²) in [6, 6.07) is 6.33. The number of hydrogen-bond acceptors (Lipinski definition) is 6. The molecule has 9 heteroatoms. The average Bonchev–Trinajstić information content (AvgIpc) is 3.14. The van der Waals surface area contributed by atoms with Gasteiger partial charge in [0.15, 0.2) is 0 Å². The van der Waals surface area contributed by atoms with E-state index in [1.54, 1.807) is 12.1 Å². The maximum atomic E-state index is 13.0. The Morgan fingerprint density at radius 3 is 2.67 bits per heavy atom. The Kier molecular flexibility index (Phi) is 6.56. The van der Waals surface area contributed by atoms with Crippen LogP contribution in [0.2, 0.25) is 0 Å². The van der Waals surface area contributed by atoms with E-state index in [2.05, 4.69) is 22.4 Å². The zero-order chi connectivity index (χ0) is 19.3. The highest BCUT2D eigenvalue weighted by molar-refractivity contribution is 7.89. The number of aryl methyl sites for hydroxylation is 1. The lowest BCUT2D eigenvalue weighted by Gasteiger charge is -2.26. The number of carbonyl (C=O) groups is 1. The van der Waals surface area contributed by atoms with Gasteiger partial charge in [0.2, 0.25) is 15.2 Å². The van der Waals surface area contributed by atoms with Gasteiger partial charge in [0.1, 0.15) is 5.01 Å². The van der Waals surface area contributed by atoms with Crippen molar-refractivity contribution >= 4 is 32.4 Å². The van der Waals surface area contributed by atoms with Gasteiger partial charge in [-0.3, -0.25) is 10.1 Å². The first-order valence-corrected chi connectivity index (χ1v) is 11.5. The van der Waals surface area contributed by atoms with Crippen LogP contribution < -0.4 is 5.32 Å². The Bertz CT molecular complexity index is 890. The number of sulfonamides is 1. The predicted molar refractivity (Wildman–Crippen MR) is 106 cm³/mol. The molecule has 1 aromatic carbocycles. The van der Waals surface area contributed by atoms with Crippen molar-refractivity contribution in [3.8, 4) is 0 Å². The zero-order valence-corrected chi connectivity index (χ0v) is 17.0. The Hall–Kier alpha value is -1.84. The Labute approximate surface area is 163 Å².